The van der Waals surface area contributed by atoms with Gasteiger partial charge in [0.05, 0.1) is 5.92 Å². The van der Waals surface area contributed by atoms with Gasteiger partial charge >= 0.3 is 0 Å². The standard InChI is InChI=1S/C16H13Cl2FN2O2/c17-16(18)7-13(16)15(22)21-9-10-1-6-14(20-8-10)23-12-4-2-11(19)3-5-12/h1-6,8,13H,7,9H2,(H,21,22). The highest BCUT2D eigenvalue weighted by Gasteiger charge is 2.56. The summed E-state index contributed by atoms with van der Waals surface area (Å²) in [5, 5.41) is 2.76. The zero-order chi connectivity index (χ0) is 16.4. The van der Waals surface area contributed by atoms with E-state index in [2.05, 4.69) is 10.3 Å². The molecule has 1 aliphatic rings. The van der Waals surface area contributed by atoms with Gasteiger partial charge in [-0.1, -0.05) is 6.07 Å². The normalized spacial score (nSPS) is 18.3. The number of carbonyl (C=O) groups excluding carboxylic acids is 1. The van der Waals surface area contributed by atoms with E-state index in [1.54, 1.807) is 18.3 Å². The third-order valence-corrected chi connectivity index (χ3v) is 4.28. The molecule has 1 aromatic heterocycles. The van der Waals surface area contributed by atoms with E-state index in [0.29, 0.717) is 24.6 Å². The molecular formula is C16H13Cl2FN2O2. The van der Waals surface area contributed by atoms with Gasteiger partial charge in [0.25, 0.3) is 0 Å². The van der Waals surface area contributed by atoms with Crippen LogP contribution in [0.4, 0.5) is 4.39 Å². The minimum absolute atomic E-state index is 0.165. The van der Waals surface area contributed by atoms with E-state index < -0.39 is 4.33 Å². The van der Waals surface area contributed by atoms with Gasteiger partial charge in [-0.15, -0.1) is 23.2 Å². The molecule has 1 fully saturated rings. The second-order valence-electron chi connectivity index (χ2n) is 5.30. The van der Waals surface area contributed by atoms with Crippen LogP contribution in [0, 0.1) is 11.7 Å². The number of aromatic nitrogens is 1. The molecule has 1 atom stereocenters. The summed E-state index contributed by atoms with van der Waals surface area (Å²) in [6.45, 7) is 0.336. The van der Waals surface area contributed by atoms with Crippen LogP contribution in [0.1, 0.15) is 12.0 Å². The highest BCUT2D eigenvalue weighted by molar-refractivity contribution is 6.52. The first-order chi connectivity index (χ1) is 10.9. The first-order valence-electron chi connectivity index (χ1n) is 6.98. The third kappa shape index (κ3) is 4.12. The van der Waals surface area contributed by atoms with Gasteiger partial charge in [0.2, 0.25) is 11.8 Å². The van der Waals surface area contributed by atoms with Gasteiger partial charge in [0.15, 0.2) is 0 Å². The predicted molar refractivity (Wildman–Crippen MR) is 85.1 cm³/mol. The molecule has 7 heteroatoms. The predicted octanol–water partition coefficient (Wildman–Crippen LogP) is 3.82. The van der Waals surface area contributed by atoms with Crippen molar-refractivity contribution in [1.82, 2.24) is 10.3 Å². The van der Waals surface area contributed by atoms with E-state index in [4.69, 9.17) is 27.9 Å². The number of alkyl halides is 2. The first kappa shape index (κ1) is 16.0. The summed E-state index contributed by atoms with van der Waals surface area (Å²) >= 11 is 11.7. The van der Waals surface area contributed by atoms with E-state index in [1.165, 1.54) is 24.3 Å². The number of hydrogen-bond donors (Lipinski definition) is 1. The van der Waals surface area contributed by atoms with Gasteiger partial charge in [-0.2, -0.15) is 0 Å². The van der Waals surface area contributed by atoms with E-state index >= 15 is 0 Å². The Bertz CT molecular complexity index is 705. The number of carbonyl (C=O) groups is 1. The zero-order valence-corrected chi connectivity index (χ0v) is 13.4. The van der Waals surface area contributed by atoms with E-state index in [1.807, 2.05) is 0 Å². The average molecular weight is 355 g/mol. The number of hydrogen-bond acceptors (Lipinski definition) is 3. The fourth-order valence-electron chi connectivity index (χ4n) is 2.01. The molecule has 1 N–H and O–H groups in total. The van der Waals surface area contributed by atoms with E-state index in [-0.39, 0.29) is 17.6 Å². The van der Waals surface area contributed by atoms with Crippen molar-refractivity contribution in [2.45, 2.75) is 17.3 Å². The van der Waals surface area contributed by atoms with Crippen LogP contribution in [0.15, 0.2) is 42.6 Å². The molecule has 23 heavy (non-hydrogen) atoms. The van der Waals surface area contributed by atoms with Gasteiger partial charge in [-0.25, -0.2) is 9.37 Å². The number of benzene rings is 1. The lowest BCUT2D eigenvalue weighted by Crippen LogP contribution is -2.26. The molecule has 0 saturated heterocycles. The van der Waals surface area contributed by atoms with Gasteiger partial charge in [0, 0.05) is 18.8 Å². The van der Waals surface area contributed by atoms with E-state index in [9.17, 15) is 9.18 Å². The van der Waals surface area contributed by atoms with Crippen LogP contribution >= 0.6 is 23.2 Å². The van der Waals surface area contributed by atoms with Crippen LogP contribution in [0.3, 0.4) is 0 Å². The Labute approximate surface area is 142 Å². The average Bonchev–Trinajstić information content (AvgIpc) is 3.17. The van der Waals surface area contributed by atoms with Crippen molar-refractivity contribution >= 4 is 29.1 Å². The Morgan fingerprint density at radius 1 is 1.30 bits per heavy atom. The number of halogens is 3. The van der Waals surface area contributed by atoms with Gasteiger partial charge in [0.1, 0.15) is 15.9 Å². The van der Waals surface area contributed by atoms with Crippen molar-refractivity contribution in [1.29, 1.82) is 0 Å². The molecule has 3 rings (SSSR count). The van der Waals surface area contributed by atoms with Crippen molar-refractivity contribution in [2.75, 3.05) is 0 Å². The quantitative estimate of drug-likeness (QED) is 0.830. The second kappa shape index (κ2) is 6.34. The Hall–Kier alpha value is -1.85. The molecule has 1 aliphatic carbocycles. The summed E-state index contributed by atoms with van der Waals surface area (Å²) in [6.07, 6.45) is 2.07. The summed E-state index contributed by atoms with van der Waals surface area (Å²) in [6, 6.07) is 9.12. The van der Waals surface area contributed by atoms with Crippen molar-refractivity contribution < 1.29 is 13.9 Å². The molecule has 0 bridgehead atoms. The monoisotopic (exact) mass is 354 g/mol. The summed E-state index contributed by atoms with van der Waals surface area (Å²) in [5.74, 6) is 0.0372. The fraction of sp³-hybridized carbons (Fsp3) is 0.250. The molecule has 0 aliphatic heterocycles. The van der Waals surface area contributed by atoms with Crippen LogP contribution < -0.4 is 10.1 Å². The van der Waals surface area contributed by atoms with Gasteiger partial charge in [-0.05, 0) is 36.2 Å². The lowest BCUT2D eigenvalue weighted by Gasteiger charge is -2.07. The Morgan fingerprint density at radius 3 is 2.57 bits per heavy atom. The number of ether oxygens (including phenoxy) is 1. The number of nitrogens with zero attached hydrogens (tertiary/aromatic N) is 1. The summed E-state index contributed by atoms with van der Waals surface area (Å²) in [5.41, 5.74) is 0.820. The lowest BCUT2D eigenvalue weighted by atomic mass is 10.2. The van der Waals surface area contributed by atoms with Crippen LogP contribution in [0.25, 0.3) is 0 Å². The summed E-state index contributed by atoms with van der Waals surface area (Å²) < 4.78 is 17.4. The topological polar surface area (TPSA) is 51.2 Å². The summed E-state index contributed by atoms with van der Waals surface area (Å²) in [7, 11) is 0. The number of amides is 1. The van der Waals surface area contributed by atoms with E-state index in [0.717, 1.165) is 5.56 Å². The zero-order valence-electron chi connectivity index (χ0n) is 11.9. The largest absolute Gasteiger partial charge is 0.439 e. The van der Waals surface area contributed by atoms with Crippen LogP contribution in [0.5, 0.6) is 11.6 Å². The molecule has 0 radical (unpaired) electrons. The number of rotatable bonds is 5. The van der Waals surface area contributed by atoms with Crippen LogP contribution in [0.2, 0.25) is 0 Å². The maximum atomic E-state index is 12.8. The minimum Gasteiger partial charge on any atom is -0.439 e. The molecule has 120 valence electrons. The maximum Gasteiger partial charge on any atom is 0.226 e. The molecule has 0 spiro atoms. The Kier molecular flexibility index (Phi) is 4.41. The minimum atomic E-state index is -0.921. The van der Waals surface area contributed by atoms with Crippen molar-refractivity contribution in [3.05, 3.63) is 54.0 Å². The van der Waals surface area contributed by atoms with Gasteiger partial charge < -0.3 is 10.1 Å². The molecule has 1 amide bonds. The first-order valence-corrected chi connectivity index (χ1v) is 7.73. The molecule has 1 heterocycles. The fourth-order valence-corrected chi connectivity index (χ4v) is 2.52. The number of pyridine rings is 1. The maximum absolute atomic E-state index is 12.8. The molecule has 4 nitrogen and oxygen atoms in total. The van der Waals surface area contributed by atoms with Gasteiger partial charge in [-0.3, -0.25) is 4.79 Å². The summed E-state index contributed by atoms with van der Waals surface area (Å²) in [4.78, 5) is 15.9. The second-order valence-corrected chi connectivity index (χ2v) is 6.84. The third-order valence-electron chi connectivity index (χ3n) is 3.44. The highest BCUT2D eigenvalue weighted by atomic mass is 35.5. The molecule has 1 unspecified atom stereocenters. The molecule has 1 saturated carbocycles. The number of nitrogens with one attached hydrogen (secondary N) is 1. The lowest BCUT2D eigenvalue weighted by molar-refractivity contribution is -0.122. The Morgan fingerprint density at radius 2 is 2.00 bits per heavy atom. The Balaban J connectivity index is 1.53. The molecule has 2 aromatic rings. The molecular weight excluding hydrogens is 342 g/mol. The van der Waals surface area contributed by atoms with Crippen molar-refractivity contribution in [2.24, 2.45) is 5.92 Å². The van der Waals surface area contributed by atoms with Crippen molar-refractivity contribution in [3.8, 4) is 11.6 Å². The van der Waals surface area contributed by atoms with Crippen LogP contribution in [-0.4, -0.2) is 15.2 Å². The molecule has 1 aromatic carbocycles. The van der Waals surface area contributed by atoms with Crippen LogP contribution in [-0.2, 0) is 11.3 Å². The highest BCUT2D eigenvalue weighted by Crippen LogP contribution is 2.53. The SMILES string of the molecule is O=C(NCc1ccc(Oc2ccc(F)cc2)nc1)C1CC1(Cl)Cl. The smallest absolute Gasteiger partial charge is 0.226 e. The van der Waals surface area contributed by atoms with Crippen molar-refractivity contribution in [3.63, 3.8) is 0 Å².